The second kappa shape index (κ2) is 7.13. The van der Waals surface area contributed by atoms with Crippen LogP contribution in [0.15, 0.2) is 28.7 Å². The molecule has 1 aromatic heterocycles. The Labute approximate surface area is 145 Å². The number of hydrogen-bond donors (Lipinski definition) is 1. The Hall–Kier alpha value is -2.21. The molecule has 0 unspecified atom stereocenters. The summed E-state index contributed by atoms with van der Waals surface area (Å²) < 4.78 is 0. The number of hydrogen-bond acceptors (Lipinski definition) is 4. The minimum atomic E-state index is -0.624. The molecule has 3 rings (SSSR count). The van der Waals surface area contributed by atoms with Gasteiger partial charge in [-0.05, 0) is 62.1 Å². The predicted molar refractivity (Wildman–Crippen MR) is 93.5 cm³/mol. The number of carbonyl (C=O) groups excluding carboxylic acids is 3. The van der Waals surface area contributed by atoms with Crippen LogP contribution in [-0.2, 0) is 9.59 Å². The molecular formula is C18H20N2O3S. The Kier molecular flexibility index (Phi) is 4.94. The maximum Gasteiger partial charge on any atom is 0.331 e. The summed E-state index contributed by atoms with van der Waals surface area (Å²) in [6, 6.07) is 1.31. The molecule has 2 aliphatic rings. The Morgan fingerprint density at radius 2 is 2.12 bits per heavy atom. The van der Waals surface area contributed by atoms with Gasteiger partial charge in [0.25, 0.3) is 11.8 Å². The summed E-state index contributed by atoms with van der Waals surface area (Å²) in [6.45, 7) is 2.23. The molecule has 0 bridgehead atoms. The lowest BCUT2D eigenvalue weighted by atomic mass is 9.97. The average Bonchev–Trinajstić information content (AvgIpc) is 2.97. The first-order valence-corrected chi connectivity index (χ1v) is 9.05. The van der Waals surface area contributed by atoms with Crippen molar-refractivity contribution in [2.45, 2.75) is 39.0 Å². The van der Waals surface area contributed by atoms with Crippen molar-refractivity contribution in [2.24, 2.45) is 0 Å². The summed E-state index contributed by atoms with van der Waals surface area (Å²) in [5.74, 6) is -1.13. The first-order chi connectivity index (χ1) is 11.6. The summed E-state index contributed by atoms with van der Waals surface area (Å²) in [6.07, 6.45) is 8.92. The van der Waals surface area contributed by atoms with Gasteiger partial charge in [0.05, 0.1) is 0 Å². The fraction of sp³-hybridized carbons (Fsp3) is 0.389. The summed E-state index contributed by atoms with van der Waals surface area (Å²) >= 11 is 1.46. The van der Waals surface area contributed by atoms with E-state index in [1.165, 1.54) is 23.3 Å². The number of nitrogens with zero attached hydrogens (tertiary/aromatic N) is 1. The van der Waals surface area contributed by atoms with Gasteiger partial charge in [-0.15, -0.1) is 11.3 Å². The minimum absolute atomic E-state index is 0.0257. The molecule has 126 valence electrons. The van der Waals surface area contributed by atoms with Crippen LogP contribution >= 0.6 is 11.3 Å². The predicted octanol–water partition coefficient (Wildman–Crippen LogP) is 3.41. The Morgan fingerprint density at radius 3 is 2.79 bits per heavy atom. The number of rotatable bonds is 4. The maximum absolute atomic E-state index is 12.6. The third-order valence-electron chi connectivity index (χ3n) is 4.40. The number of allylic oxidation sites excluding steroid dienone is 1. The molecule has 0 radical (unpaired) electrons. The molecule has 5 nitrogen and oxygen atoms in total. The number of amides is 4. The second-order valence-electron chi connectivity index (χ2n) is 6.10. The zero-order chi connectivity index (χ0) is 17.1. The number of aryl methyl sites for hydroxylation is 1. The number of thiophene rings is 1. The van der Waals surface area contributed by atoms with Crippen LogP contribution < -0.4 is 5.32 Å². The quantitative estimate of drug-likeness (QED) is 0.517. The number of urea groups is 1. The Balaban J connectivity index is 1.77. The number of imide groups is 2. The van der Waals surface area contributed by atoms with E-state index in [0.29, 0.717) is 13.0 Å². The molecule has 1 fully saturated rings. The molecule has 1 aliphatic heterocycles. The number of nitrogens with one attached hydrogen (secondary N) is 1. The van der Waals surface area contributed by atoms with Gasteiger partial charge < -0.3 is 0 Å². The molecule has 1 aliphatic carbocycles. The lowest BCUT2D eigenvalue weighted by Crippen LogP contribution is -2.54. The smallest absolute Gasteiger partial charge is 0.273 e. The topological polar surface area (TPSA) is 66.5 Å². The van der Waals surface area contributed by atoms with Crippen molar-refractivity contribution in [3.63, 3.8) is 0 Å². The first-order valence-electron chi connectivity index (χ1n) is 8.17. The molecule has 1 N–H and O–H groups in total. The van der Waals surface area contributed by atoms with Gasteiger partial charge in [0, 0.05) is 11.4 Å². The molecular weight excluding hydrogens is 324 g/mol. The molecule has 0 atom stereocenters. The maximum atomic E-state index is 12.6. The molecule has 0 spiro atoms. The van der Waals surface area contributed by atoms with E-state index in [-0.39, 0.29) is 5.57 Å². The summed E-state index contributed by atoms with van der Waals surface area (Å²) in [7, 11) is 0. The van der Waals surface area contributed by atoms with Crippen LogP contribution in [0.5, 0.6) is 0 Å². The van der Waals surface area contributed by atoms with Crippen LogP contribution in [0.25, 0.3) is 6.08 Å². The standard InChI is InChI=1S/C18H20N2O3S/c1-12-8-10-24-15(12)11-14-16(21)19-18(23)20(17(14)22)9-7-13-5-3-2-4-6-13/h5,8,10-11H,2-4,6-7,9H2,1H3,(H,19,21,23)/b14-11-. The molecule has 4 amide bonds. The molecule has 0 aromatic carbocycles. The minimum Gasteiger partial charge on any atom is -0.273 e. The summed E-state index contributed by atoms with van der Waals surface area (Å²) in [4.78, 5) is 38.7. The monoisotopic (exact) mass is 344 g/mol. The highest BCUT2D eigenvalue weighted by Gasteiger charge is 2.35. The lowest BCUT2D eigenvalue weighted by Gasteiger charge is -2.27. The zero-order valence-corrected chi connectivity index (χ0v) is 14.4. The highest BCUT2D eigenvalue weighted by atomic mass is 32.1. The van der Waals surface area contributed by atoms with E-state index >= 15 is 0 Å². The van der Waals surface area contributed by atoms with Crippen LogP contribution in [0.3, 0.4) is 0 Å². The lowest BCUT2D eigenvalue weighted by molar-refractivity contribution is -0.130. The normalized spacial score (nSPS) is 20.4. The molecule has 0 saturated carbocycles. The van der Waals surface area contributed by atoms with Gasteiger partial charge in [-0.1, -0.05) is 11.6 Å². The van der Waals surface area contributed by atoms with E-state index in [1.807, 2.05) is 18.4 Å². The molecule has 1 saturated heterocycles. The SMILES string of the molecule is Cc1ccsc1/C=C1/C(=O)NC(=O)N(CCC2=CCCCC2)C1=O. The zero-order valence-electron chi connectivity index (χ0n) is 13.6. The summed E-state index contributed by atoms with van der Waals surface area (Å²) in [5, 5.41) is 4.18. The second-order valence-corrected chi connectivity index (χ2v) is 7.05. The van der Waals surface area contributed by atoms with Crippen molar-refractivity contribution in [1.82, 2.24) is 10.2 Å². The van der Waals surface area contributed by atoms with Crippen LogP contribution in [0, 0.1) is 6.92 Å². The van der Waals surface area contributed by atoms with Gasteiger partial charge in [0.2, 0.25) is 0 Å². The van der Waals surface area contributed by atoms with Gasteiger partial charge in [-0.2, -0.15) is 0 Å². The fourth-order valence-corrected chi connectivity index (χ4v) is 3.81. The van der Waals surface area contributed by atoms with Gasteiger partial charge in [-0.25, -0.2) is 4.79 Å². The van der Waals surface area contributed by atoms with Crippen molar-refractivity contribution in [3.05, 3.63) is 39.1 Å². The third-order valence-corrected chi connectivity index (χ3v) is 5.37. The fourth-order valence-electron chi connectivity index (χ4n) is 2.95. The van der Waals surface area contributed by atoms with E-state index in [2.05, 4.69) is 11.4 Å². The van der Waals surface area contributed by atoms with Crippen molar-refractivity contribution >= 4 is 35.3 Å². The van der Waals surface area contributed by atoms with E-state index in [4.69, 9.17) is 0 Å². The van der Waals surface area contributed by atoms with Gasteiger partial charge in [0.1, 0.15) is 5.57 Å². The highest BCUT2D eigenvalue weighted by molar-refractivity contribution is 7.11. The summed E-state index contributed by atoms with van der Waals surface area (Å²) in [5.41, 5.74) is 2.32. The van der Waals surface area contributed by atoms with Crippen LogP contribution in [0.1, 0.15) is 42.5 Å². The van der Waals surface area contributed by atoms with Crippen LogP contribution in [0.2, 0.25) is 0 Å². The van der Waals surface area contributed by atoms with Crippen molar-refractivity contribution in [2.75, 3.05) is 6.54 Å². The van der Waals surface area contributed by atoms with E-state index in [1.54, 1.807) is 6.08 Å². The Morgan fingerprint density at radius 1 is 1.29 bits per heavy atom. The number of barbiturate groups is 1. The first kappa shape index (κ1) is 16.6. The van der Waals surface area contributed by atoms with Crippen molar-refractivity contribution < 1.29 is 14.4 Å². The van der Waals surface area contributed by atoms with Crippen LogP contribution in [0.4, 0.5) is 4.79 Å². The van der Waals surface area contributed by atoms with E-state index < -0.39 is 17.8 Å². The van der Waals surface area contributed by atoms with Gasteiger partial charge >= 0.3 is 6.03 Å². The van der Waals surface area contributed by atoms with Gasteiger partial charge in [0.15, 0.2) is 0 Å². The van der Waals surface area contributed by atoms with Gasteiger partial charge in [-0.3, -0.25) is 19.8 Å². The molecule has 2 heterocycles. The highest BCUT2D eigenvalue weighted by Crippen LogP contribution is 2.23. The van der Waals surface area contributed by atoms with Crippen molar-refractivity contribution in [3.8, 4) is 0 Å². The van der Waals surface area contributed by atoms with E-state index in [9.17, 15) is 14.4 Å². The van der Waals surface area contributed by atoms with Crippen LogP contribution in [-0.4, -0.2) is 29.3 Å². The largest absolute Gasteiger partial charge is 0.331 e. The molecule has 1 aromatic rings. The van der Waals surface area contributed by atoms with E-state index in [0.717, 1.165) is 34.6 Å². The average molecular weight is 344 g/mol. The Bertz CT molecular complexity index is 745. The molecule has 6 heteroatoms. The molecule has 24 heavy (non-hydrogen) atoms. The third kappa shape index (κ3) is 3.48. The van der Waals surface area contributed by atoms with Crippen molar-refractivity contribution in [1.29, 1.82) is 0 Å². The number of carbonyl (C=O) groups is 3.